The quantitative estimate of drug-likeness (QED) is 0.172. The summed E-state index contributed by atoms with van der Waals surface area (Å²) in [5.74, 6) is 0.276. The van der Waals surface area contributed by atoms with Crippen molar-refractivity contribution in [3.63, 3.8) is 0 Å². The number of amides is 3. The minimum atomic E-state index is -0.586. The normalized spacial score (nSPS) is 14.3. The van der Waals surface area contributed by atoms with Gasteiger partial charge in [0.05, 0.1) is 22.2 Å². The van der Waals surface area contributed by atoms with Crippen molar-refractivity contribution in [2.45, 2.75) is 6.61 Å². The molecule has 9 nitrogen and oxygen atoms in total. The lowest BCUT2D eigenvalue weighted by atomic mass is 10.1. The van der Waals surface area contributed by atoms with E-state index >= 15 is 0 Å². The van der Waals surface area contributed by atoms with E-state index in [1.807, 2.05) is 0 Å². The second-order valence-corrected chi connectivity index (χ2v) is 8.65. The average molecular weight is 559 g/mol. The van der Waals surface area contributed by atoms with Crippen molar-refractivity contribution in [1.82, 2.24) is 5.32 Å². The topological polar surface area (TPSA) is 111 Å². The van der Waals surface area contributed by atoms with Gasteiger partial charge in [-0.25, -0.2) is 9.69 Å². The molecule has 0 aliphatic carbocycles. The Kier molecular flexibility index (Phi) is 7.04. The molecule has 0 bridgehead atoms. The van der Waals surface area contributed by atoms with Gasteiger partial charge in [0.1, 0.15) is 12.3 Å². The van der Waals surface area contributed by atoms with Crippen LogP contribution in [-0.4, -0.2) is 24.0 Å². The number of benzene rings is 3. The first-order valence-electron chi connectivity index (χ1n) is 10.1. The van der Waals surface area contributed by atoms with Crippen LogP contribution in [0.25, 0.3) is 6.08 Å². The number of nitrogens with one attached hydrogen (secondary N) is 1. The highest BCUT2D eigenvalue weighted by Gasteiger charge is 2.35. The Morgan fingerprint density at radius 1 is 1.14 bits per heavy atom. The first-order valence-corrected chi connectivity index (χ1v) is 11.3. The molecule has 1 N–H and O–H groups in total. The van der Waals surface area contributed by atoms with Crippen molar-refractivity contribution in [2.24, 2.45) is 0 Å². The van der Waals surface area contributed by atoms with Gasteiger partial charge in [-0.05, 0) is 75.6 Å². The lowest BCUT2D eigenvalue weighted by Crippen LogP contribution is -2.30. The van der Waals surface area contributed by atoms with Crippen LogP contribution in [0.3, 0.4) is 0 Å². The fourth-order valence-corrected chi connectivity index (χ4v) is 4.14. The number of hydrogen-bond acceptors (Lipinski definition) is 6. The monoisotopic (exact) mass is 557 g/mol. The van der Waals surface area contributed by atoms with Crippen molar-refractivity contribution < 1.29 is 24.0 Å². The number of nitro benzene ring substituents is 1. The van der Waals surface area contributed by atoms with Gasteiger partial charge in [0.25, 0.3) is 11.6 Å². The molecule has 0 radical (unpaired) electrons. The number of hydrogen-bond donors (Lipinski definition) is 1. The van der Waals surface area contributed by atoms with Crippen LogP contribution in [0, 0.1) is 10.1 Å². The van der Waals surface area contributed by atoms with Gasteiger partial charge in [-0.2, -0.15) is 0 Å². The van der Waals surface area contributed by atoms with E-state index in [1.54, 1.807) is 42.5 Å². The maximum Gasteiger partial charge on any atom is 0.333 e. The molecule has 0 atom stereocenters. The van der Waals surface area contributed by atoms with Crippen LogP contribution in [0.15, 0.2) is 70.8 Å². The molecule has 1 aliphatic heterocycles. The lowest BCUT2D eigenvalue weighted by molar-refractivity contribution is -0.384. The zero-order valence-electron chi connectivity index (χ0n) is 18.2. The standard InChI is InChI=1S/C24H17BrClN3O6/c1-34-21-11-15(9-19(25)22(21)35-13-14-5-7-17(8-6-14)29(32)33)10-20-23(30)28(24(31)27-20)18-4-2-3-16(26)12-18/h2-12H,13H2,1H3,(H,27,31)/b20-10+. The van der Waals surface area contributed by atoms with Gasteiger partial charge < -0.3 is 14.8 Å². The van der Waals surface area contributed by atoms with Crippen LogP contribution in [0.2, 0.25) is 5.02 Å². The summed E-state index contributed by atoms with van der Waals surface area (Å²) >= 11 is 9.45. The number of non-ortho nitro benzene ring substituents is 1. The first kappa shape index (κ1) is 24.2. The van der Waals surface area contributed by atoms with Crippen molar-refractivity contribution in [1.29, 1.82) is 0 Å². The zero-order valence-corrected chi connectivity index (χ0v) is 20.5. The number of nitrogens with zero attached hydrogens (tertiary/aromatic N) is 2. The van der Waals surface area contributed by atoms with E-state index in [0.717, 1.165) is 10.5 Å². The van der Waals surface area contributed by atoms with Crippen molar-refractivity contribution in [3.05, 3.63) is 97.1 Å². The summed E-state index contributed by atoms with van der Waals surface area (Å²) in [5, 5.41) is 13.8. The Morgan fingerprint density at radius 3 is 2.54 bits per heavy atom. The average Bonchev–Trinajstić information content (AvgIpc) is 3.10. The summed E-state index contributed by atoms with van der Waals surface area (Å²) in [6.45, 7) is 0.149. The number of imide groups is 1. The molecule has 1 fully saturated rings. The number of halogens is 2. The molecule has 1 saturated heterocycles. The fourth-order valence-electron chi connectivity index (χ4n) is 3.38. The van der Waals surface area contributed by atoms with Crippen molar-refractivity contribution in [2.75, 3.05) is 12.0 Å². The number of anilines is 1. The number of methoxy groups -OCH3 is 1. The zero-order chi connectivity index (χ0) is 25.1. The second-order valence-electron chi connectivity index (χ2n) is 7.35. The van der Waals surface area contributed by atoms with Gasteiger partial charge in [-0.3, -0.25) is 14.9 Å². The molecule has 0 unspecified atom stereocenters. The lowest BCUT2D eigenvalue weighted by Gasteiger charge is -2.14. The Morgan fingerprint density at radius 2 is 1.89 bits per heavy atom. The van der Waals surface area contributed by atoms with E-state index in [4.69, 9.17) is 21.1 Å². The molecule has 4 rings (SSSR count). The molecule has 35 heavy (non-hydrogen) atoms. The summed E-state index contributed by atoms with van der Waals surface area (Å²) in [6.07, 6.45) is 1.53. The number of rotatable bonds is 7. The highest BCUT2D eigenvalue weighted by atomic mass is 79.9. The molecule has 0 aromatic heterocycles. The van der Waals surface area contributed by atoms with Crippen LogP contribution in [0.5, 0.6) is 11.5 Å². The summed E-state index contributed by atoms with van der Waals surface area (Å²) in [7, 11) is 1.47. The third-order valence-electron chi connectivity index (χ3n) is 5.04. The summed E-state index contributed by atoms with van der Waals surface area (Å²) in [6, 6.07) is 15.2. The molecule has 1 heterocycles. The van der Waals surface area contributed by atoms with Crippen LogP contribution >= 0.6 is 27.5 Å². The number of carbonyl (C=O) groups is 2. The Labute approximate surface area is 213 Å². The fraction of sp³-hybridized carbons (Fsp3) is 0.0833. The maximum atomic E-state index is 12.9. The SMILES string of the molecule is COc1cc(/C=C2/NC(=O)N(c3cccc(Cl)c3)C2=O)cc(Br)c1OCc1ccc([N+](=O)[O-])cc1. The van der Waals surface area contributed by atoms with E-state index in [2.05, 4.69) is 21.2 Å². The predicted molar refractivity (Wildman–Crippen MR) is 134 cm³/mol. The van der Waals surface area contributed by atoms with Crippen molar-refractivity contribution in [3.8, 4) is 11.5 Å². The third-order valence-corrected chi connectivity index (χ3v) is 5.86. The maximum absolute atomic E-state index is 12.9. The molecule has 3 amide bonds. The largest absolute Gasteiger partial charge is 0.493 e. The first-order chi connectivity index (χ1) is 16.8. The van der Waals surface area contributed by atoms with E-state index in [1.165, 1.54) is 31.4 Å². The molecule has 11 heteroatoms. The van der Waals surface area contributed by atoms with Gasteiger partial charge in [0, 0.05) is 17.2 Å². The van der Waals surface area contributed by atoms with E-state index in [9.17, 15) is 19.7 Å². The summed E-state index contributed by atoms with van der Waals surface area (Å²) in [4.78, 5) is 36.7. The summed E-state index contributed by atoms with van der Waals surface area (Å²) in [5.41, 5.74) is 1.75. The highest BCUT2D eigenvalue weighted by molar-refractivity contribution is 9.10. The Balaban J connectivity index is 1.55. The van der Waals surface area contributed by atoms with Gasteiger partial charge in [-0.1, -0.05) is 17.7 Å². The molecule has 0 saturated carbocycles. The number of urea groups is 1. The Hall–Kier alpha value is -3.89. The highest BCUT2D eigenvalue weighted by Crippen LogP contribution is 2.38. The van der Waals surface area contributed by atoms with Gasteiger partial charge in [-0.15, -0.1) is 0 Å². The molecule has 1 aliphatic rings. The number of nitro groups is 1. The third kappa shape index (κ3) is 5.28. The van der Waals surface area contributed by atoms with Crippen LogP contribution < -0.4 is 19.7 Å². The smallest absolute Gasteiger partial charge is 0.333 e. The molecule has 0 spiro atoms. The van der Waals surface area contributed by atoms with Gasteiger partial charge >= 0.3 is 6.03 Å². The van der Waals surface area contributed by atoms with E-state index < -0.39 is 16.9 Å². The second kappa shape index (κ2) is 10.2. The predicted octanol–water partition coefficient (Wildman–Crippen LogP) is 5.70. The van der Waals surface area contributed by atoms with Gasteiger partial charge in [0.2, 0.25) is 0 Å². The van der Waals surface area contributed by atoms with Crippen LogP contribution in [0.4, 0.5) is 16.2 Å². The van der Waals surface area contributed by atoms with Crippen LogP contribution in [0.1, 0.15) is 11.1 Å². The molecule has 3 aromatic carbocycles. The van der Waals surface area contributed by atoms with Crippen LogP contribution in [-0.2, 0) is 11.4 Å². The summed E-state index contributed by atoms with van der Waals surface area (Å²) < 4.78 is 11.9. The molecule has 178 valence electrons. The van der Waals surface area contributed by atoms with E-state index in [0.29, 0.717) is 32.2 Å². The van der Waals surface area contributed by atoms with Crippen molar-refractivity contribution >= 4 is 56.9 Å². The molecular formula is C24H17BrClN3O6. The number of ether oxygens (including phenoxy) is 2. The minimum absolute atomic E-state index is 0.00706. The Bertz CT molecular complexity index is 1360. The van der Waals surface area contributed by atoms with E-state index in [-0.39, 0.29) is 18.0 Å². The van der Waals surface area contributed by atoms with Gasteiger partial charge in [0.15, 0.2) is 11.5 Å². The molecular weight excluding hydrogens is 542 g/mol. The minimum Gasteiger partial charge on any atom is -0.493 e. The molecule has 3 aromatic rings. The number of carbonyl (C=O) groups excluding carboxylic acids is 2.